The van der Waals surface area contributed by atoms with Gasteiger partial charge in [0.15, 0.2) is 0 Å². The van der Waals surface area contributed by atoms with E-state index in [-0.39, 0.29) is 47.6 Å². The standard InChI is InChI=1S/C34H50N2O4/c1-23(2)29(33(39)35(7)25(5)31(37)27-17-11-9-12-18-27)21-15-16-22-30(24(3)4)34(40)36(8)26(6)32(38)28-19-13-10-14-20-28/h9-20,23-26,29-32,37-38H,21-22H2,1-8H3/b16-15+/t25-,26?,29-,30-,31+,32+/m0/s1. The van der Waals surface area contributed by atoms with Crippen molar-refractivity contribution in [2.75, 3.05) is 14.1 Å². The fourth-order valence-corrected chi connectivity index (χ4v) is 5.01. The Labute approximate surface area is 241 Å². The number of aliphatic hydroxyl groups is 2. The van der Waals surface area contributed by atoms with Gasteiger partial charge in [-0.05, 0) is 49.7 Å². The Kier molecular flexibility index (Phi) is 13.1. The van der Waals surface area contributed by atoms with Crippen LogP contribution in [0.4, 0.5) is 0 Å². The first-order valence-electron chi connectivity index (χ1n) is 14.5. The zero-order chi connectivity index (χ0) is 30.0. The molecule has 0 spiro atoms. The molecular formula is C34H50N2O4. The van der Waals surface area contributed by atoms with Crippen LogP contribution in [-0.4, -0.2) is 58.0 Å². The lowest BCUT2D eigenvalue weighted by Crippen LogP contribution is -2.43. The van der Waals surface area contributed by atoms with Crippen LogP contribution < -0.4 is 0 Å². The number of hydrogen-bond donors (Lipinski definition) is 2. The molecule has 0 aromatic heterocycles. The third-order valence-electron chi connectivity index (χ3n) is 8.30. The molecule has 2 rings (SSSR count). The molecule has 40 heavy (non-hydrogen) atoms. The molecule has 0 aliphatic rings. The molecule has 0 heterocycles. The Morgan fingerprint density at radius 3 is 1.20 bits per heavy atom. The quantitative estimate of drug-likeness (QED) is 0.282. The number of aliphatic hydroxyl groups excluding tert-OH is 2. The highest BCUT2D eigenvalue weighted by Crippen LogP contribution is 2.27. The first-order chi connectivity index (χ1) is 18.9. The molecule has 0 radical (unpaired) electrons. The van der Waals surface area contributed by atoms with Crippen LogP contribution in [0.25, 0.3) is 0 Å². The highest BCUT2D eigenvalue weighted by atomic mass is 16.3. The minimum atomic E-state index is -0.767. The van der Waals surface area contributed by atoms with Crippen LogP contribution >= 0.6 is 0 Å². The third-order valence-corrected chi connectivity index (χ3v) is 8.30. The number of carbonyl (C=O) groups excluding carboxylic acids is 2. The molecule has 0 saturated carbocycles. The van der Waals surface area contributed by atoms with Gasteiger partial charge in [0.05, 0.1) is 24.3 Å². The SMILES string of the molecule is CC(C)[C@H](C/C=C/C[C@H](C(=O)N(C)[C@@H](C)[C@@H](O)c1ccccc1)C(C)C)C(=O)N(C)C(C)[C@@H](O)c1ccccc1. The van der Waals surface area contributed by atoms with Crippen molar-refractivity contribution in [1.29, 1.82) is 0 Å². The number of hydrogen-bond acceptors (Lipinski definition) is 4. The van der Waals surface area contributed by atoms with Crippen LogP contribution in [-0.2, 0) is 9.59 Å². The molecule has 2 aromatic carbocycles. The van der Waals surface area contributed by atoms with Gasteiger partial charge in [0.25, 0.3) is 0 Å². The first kappa shape index (κ1) is 33.2. The molecule has 6 atom stereocenters. The van der Waals surface area contributed by atoms with Gasteiger partial charge in [-0.3, -0.25) is 9.59 Å². The smallest absolute Gasteiger partial charge is 0.226 e. The maximum Gasteiger partial charge on any atom is 0.226 e. The summed E-state index contributed by atoms with van der Waals surface area (Å²) >= 11 is 0. The van der Waals surface area contributed by atoms with E-state index in [9.17, 15) is 19.8 Å². The van der Waals surface area contributed by atoms with Gasteiger partial charge in [-0.25, -0.2) is 0 Å². The van der Waals surface area contributed by atoms with Crippen molar-refractivity contribution >= 4 is 11.8 Å². The predicted molar refractivity (Wildman–Crippen MR) is 162 cm³/mol. The second kappa shape index (κ2) is 15.7. The molecule has 0 fully saturated rings. The minimum Gasteiger partial charge on any atom is -0.386 e. The summed E-state index contributed by atoms with van der Waals surface area (Å²) in [6.45, 7) is 11.9. The molecular weight excluding hydrogens is 500 g/mol. The van der Waals surface area contributed by atoms with Gasteiger partial charge < -0.3 is 20.0 Å². The molecule has 6 heteroatoms. The van der Waals surface area contributed by atoms with Crippen molar-refractivity contribution in [3.63, 3.8) is 0 Å². The largest absolute Gasteiger partial charge is 0.386 e. The van der Waals surface area contributed by atoms with E-state index in [1.807, 2.05) is 114 Å². The predicted octanol–water partition coefficient (Wildman–Crippen LogP) is 6.03. The van der Waals surface area contributed by atoms with Gasteiger partial charge in [0, 0.05) is 25.9 Å². The summed E-state index contributed by atoms with van der Waals surface area (Å²) < 4.78 is 0. The van der Waals surface area contributed by atoms with Gasteiger partial charge in [-0.15, -0.1) is 0 Å². The lowest BCUT2D eigenvalue weighted by molar-refractivity contribution is -0.140. The van der Waals surface area contributed by atoms with Crippen LogP contribution in [0.5, 0.6) is 0 Å². The molecule has 6 nitrogen and oxygen atoms in total. The van der Waals surface area contributed by atoms with E-state index in [0.29, 0.717) is 12.8 Å². The summed E-state index contributed by atoms with van der Waals surface area (Å²) in [4.78, 5) is 30.2. The molecule has 1 unspecified atom stereocenters. The van der Waals surface area contributed by atoms with Gasteiger partial charge in [0.2, 0.25) is 11.8 Å². The van der Waals surface area contributed by atoms with E-state index < -0.39 is 12.2 Å². The van der Waals surface area contributed by atoms with Crippen molar-refractivity contribution in [2.45, 2.75) is 78.7 Å². The normalized spacial score (nSPS) is 16.4. The Balaban J connectivity index is 2.03. The highest BCUT2D eigenvalue weighted by molar-refractivity contribution is 5.80. The van der Waals surface area contributed by atoms with E-state index in [0.717, 1.165) is 11.1 Å². The Morgan fingerprint density at radius 2 is 0.925 bits per heavy atom. The van der Waals surface area contributed by atoms with Crippen LogP contribution in [0.15, 0.2) is 72.8 Å². The average molecular weight is 551 g/mol. The fourth-order valence-electron chi connectivity index (χ4n) is 5.01. The fraction of sp³-hybridized carbons (Fsp3) is 0.529. The lowest BCUT2D eigenvalue weighted by atomic mass is 9.88. The zero-order valence-corrected chi connectivity index (χ0v) is 25.6. The Bertz CT molecular complexity index is 984. The summed E-state index contributed by atoms with van der Waals surface area (Å²) in [5.41, 5.74) is 1.58. The average Bonchev–Trinajstić information content (AvgIpc) is 2.96. The van der Waals surface area contributed by atoms with Crippen molar-refractivity contribution < 1.29 is 19.8 Å². The lowest BCUT2D eigenvalue weighted by Gasteiger charge is -2.33. The van der Waals surface area contributed by atoms with Crippen molar-refractivity contribution in [1.82, 2.24) is 9.80 Å². The van der Waals surface area contributed by atoms with Gasteiger partial charge in [-0.1, -0.05) is 101 Å². The molecule has 0 aliphatic heterocycles. The summed E-state index contributed by atoms with van der Waals surface area (Å²) in [7, 11) is 3.51. The molecule has 0 bridgehead atoms. The van der Waals surface area contributed by atoms with Crippen LogP contribution in [0.2, 0.25) is 0 Å². The van der Waals surface area contributed by atoms with Crippen molar-refractivity contribution in [3.05, 3.63) is 83.9 Å². The molecule has 2 aromatic rings. The Hall–Kier alpha value is -2.96. The second-order valence-electron chi connectivity index (χ2n) is 11.7. The number of amides is 2. The van der Waals surface area contributed by atoms with E-state index in [1.165, 1.54) is 0 Å². The Morgan fingerprint density at radius 1 is 0.625 bits per heavy atom. The highest BCUT2D eigenvalue weighted by Gasteiger charge is 2.32. The van der Waals surface area contributed by atoms with Crippen LogP contribution in [0.3, 0.4) is 0 Å². The zero-order valence-electron chi connectivity index (χ0n) is 25.6. The van der Waals surface area contributed by atoms with E-state index in [4.69, 9.17) is 0 Å². The molecule has 0 saturated heterocycles. The van der Waals surface area contributed by atoms with Gasteiger partial charge in [-0.2, -0.15) is 0 Å². The van der Waals surface area contributed by atoms with Crippen molar-refractivity contribution in [2.24, 2.45) is 23.7 Å². The number of carbonyl (C=O) groups is 2. The number of rotatable bonds is 14. The minimum absolute atomic E-state index is 0.00192. The van der Waals surface area contributed by atoms with E-state index in [1.54, 1.807) is 23.9 Å². The van der Waals surface area contributed by atoms with E-state index in [2.05, 4.69) is 0 Å². The van der Waals surface area contributed by atoms with Gasteiger partial charge >= 0.3 is 0 Å². The second-order valence-corrected chi connectivity index (χ2v) is 11.7. The summed E-state index contributed by atoms with van der Waals surface area (Å²) in [5, 5.41) is 21.7. The first-order valence-corrected chi connectivity index (χ1v) is 14.5. The number of likely N-dealkylation sites (N-methyl/N-ethyl adjacent to an activating group) is 2. The molecule has 2 N–H and O–H groups in total. The maximum atomic E-state index is 13.4. The summed E-state index contributed by atoms with van der Waals surface area (Å²) in [5.74, 6) is -0.222. The number of allylic oxidation sites excluding steroid dienone is 2. The number of nitrogens with zero attached hydrogens (tertiary/aromatic N) is 2. The van der Waals surface area contributed by atoms with Crippen LogP contribution in [0.1, 0.15) is 77.7 Å². The van der Waals surface area contributed by atoms with Crippen LogP contribution in [0, 0.1) is 23.7 Å². The third kappa shape index (κ3) is 8.77. The summed E-state index contributed by atoms with van der Waals surface area (Å²) in [6.07, 6.45) is 3.62. The topological polar surface area (TPSA) is 81.1 Å². The monoisotopic (exact) mass is 550 g/mol. The molecule has 220 valence electrons. The van der Waals surface area contributed by atoms with Crippen molar-refractivity contribution in [3.8, 4) is 0 Å². The molecule has 2 amide bonds. The van der Waals surface area contributed by atoms with E-state index >= 15 is 0 Å². The molecule has 0 aliphatic carbocycles. The van der Waals surface area contributed by atoms with Gasteiger partial charge in [0.1, 0.15) is 0 Å². The number of benzene rings is 2. The summed E-state index contributed by atoms with van der Waals surface area (Å²) in [6, 6.07) is 18.1. The maximum absolute atomic E-state index is 13.4.